The van der Waals surface area contributed by atoms with E-state index in [-0.39, 0.29) is 24.4 Å². The third-order valence-corrected chi connectivity index (χ3v) is 6.44. The smallest absolute Gasteiger partial charge is 0.273 e. The minimum Gasteiger partial charge on any atom is -0.369 e. The van der Waals surface area contributed by atoms with E-state index in [1.54, 1.807) is 0 Å². The predicted molar refractivity (Wildman–Crippen MR) is 84.6 cm³/mol. The highest BCUT2D eigenvalue weighted by atomic mass is 16.9. The lowest BCUT2D eigenvalue weighted by atomic mass is 9.62. The zero-order chi connectivity index (χ0) is 16.5. The molecule has 7 rings (SSSR count). The Hall–Kier alpha value is -1.02. The van der Waals surface area contributed by atoms with Gasteiger partial charge in [-0.3, -0.25) is 0 Å². The summed E-state index contributed by atoms with van der Waals surface area (Å²) in [6, 6.07) is 10.2. The molecule has 0 N–H and O–H groups in total. The molecule has 1 aromatic carbocycles. The van der Waals surface area contributed by atoms with Crippen LogP contribution >= 0.6 is 0 Å². The fraction of sp³-hybridized carbons (Fsp3) is 0.684. The van der Waals surface area contributed by atoms with Gasteiger partial charge in [0.1, 0.15) is 35.6 Å². The van der Waals surface area contributed by atoms with Gasteiger partial charge in [0, 0.05) is 13.0 Å². The van der Waals surface area contributed by atoms with Gasteiger partial charge >= 0.3 is 0 Å². The molecule has 5 heterocycles. The van der Waals surface area contributed by atoms with Gasteiger partial charge in [0.2, 0.25) is 0 Å². The Morgan fingerprint density at radius 1 is 0.920 bits per heavy atom. The van der Waals surface area contributed by atoms with E-state index in [1.807, 2.05) is 18.2 Å². The van der Waals surface area contributed by atoms with E-state index < -0.39 is 17.7 Å². The molecule has 1 aliphatic carbocycles. The molecule has 6 nitrogen and oxygen atoms in total. The average molecular weight is 346 g/mol. The van der Waals surface area contributed by atoms with Crippen LogP contribution in [0.5, 0.6) is 0 Å². The van der Waals surface area contributed by atoms with Crippen molar-refractivity contribution < 1.29 is 28.4 Å². The van der Waals surface area contributed by atoms with Gasteiger partial charge in [-0.15, -0.1) is 0 Å². The Labute approximate surface area is 146 Å². The molecule has 134 valence electrons. The summed E-state index contributed by atoms with van der Waals surface area (Å²) >= 11 is 0. The highest BCUT2D eigenvalue weighted by Crippen LogP contribution is 2.59. The van der Waals surface area contributed by atoms with Crippen LogP contribution in [0, 0.1) is 0 Å². The average Bonchev–Trinajstić information content (AvgIpc) is 3.09. The van der Waals surface area contributed by atoms with Gasteiger partial charge in [-0.05, 0) is 18.4 Å². The lowest BCUT2D eigenvalue weighted by Gasteiger charge is -2.69. The molecule has 0 unspecified atom stereocenters. The van der Waals surface area contributed by atoms with Crippen LogP contribution in [0.1, 0.15) is 24.8 Å². The van der Waals surface area contributed by atoms with Crippen molar-refractivity contribution in [1.82, 2.24) is 0 Å². The van der Waals surface area contributed by atoms with Crippen molar-refractivity contribution in [3.05, 3.63) is 35.9 Å². The molecule has 7 atom stereocenters. The molecule has 2 spiro atoms. The first-order valence-electron chi connectivity index (χ1n) is 9.22. The van der Waals surface area contributed by atoms with Crippen molar-refractivity contribution >= 4 is 0 Å². The number of rotatable bonds is 3. The van der Waals surface area contributed by atoms with E-state index in [9.17, 15) is 0 Å². The van der Waals surface area contributed by atoms with E-state index in [1.165, 1.54) is 0 Å². The number of hydrogen-bond donors (Lipinski definition) is 0. The Morgan fingerprint density at radius 2 is 1.64 bits per heavy atom. The largest absolute Gasteiger partial charge is 0.369 e. The number of ether oxygens (including phenoxy) is 6. The van der Waals surface area contributed by atoms with Gasteiger partial charge in [0.25, 0.3) is 6.48 Å². The van der Waals surface area contributed by atoms with Crippen molar-refractivity contribution in [2.75, 3.05) is 13.2 Å². The molecule has 6 fully saturated rings. The van der Waals surface area contributed by atoms with E-state index in [0.717, 1.165) is 38.0 Å². The summed E-state index contributed by atoms with van der Waals surface area (Å²) in [4.78, 5) is 0. The summed E-state index contributed by atoms with van der Waals surface area (Å²) in [6.45, 7) is 1.36. The highest BCUT2D eigenvalue weighted by molar-refractivity contribution is 5.24. The molecular weight excluding hydrogens is 324 g/mol. The van der Waals surface area contributed by atoms with Crippen LogP contribution in [-0.4, -0.2) is 55.3 Å². The van der Waals surface area contributed by atoms with Crippen molar-refractivity contribution in [1.29, 1.82) is 0 Å². The van der Waals surface area contributed by atoms with Gasteiger partial charge in [-0.2, -0.15) is 0 Å². The predicted octanol–water partition coefficient (Wildman–Crippen LogP) is 1.76. The third-order valence-electron chi connectivity index (χ3n) is 6.44. The fourth-order valence-corrected chi connectivity index (χ4v) is 5.31. The molecule has 6 aliphatic rings. The monoisotopic (exact) mass is 346 g/mol. The second-order valence-electron chi connectivity index (χ2n) is 7.64. The van der Waals surface area contributed by atoms with Crippen molar-refractivity contribution in [2.24, 2.45) is 0 Å². The van der Waals surface area contributed by atoms with Gasteiger partial charge < -0.3 is 28.4 Å². The molecule has 25 heavy (non-hydrogen) atoms. The summed E-state index contributed by atoms with van der Waals surface area (Å²) in [5.41, 5.74) is 0.207. The zero-order valence-corrected chi connectivity index (χ0v) is 14.0. The maximum Gasteiger partial charge on any atom is 0.273 e. The van der Waals surface area contributed by atoms with Crippen LogP contribution in [-0.2, 0) is 35.0 Å². The number of benzene rings is 1. The van der Waals surface area contributed by atoms with Crippen LogP contribution in [0.3, 0.4) is 0 Å². The van der Waals surface area contributed by atoms with Gasteiger partial charge in [-0.25, -0.2) is 0 Å². The summed E-state index contributed by atoms with van der Waals surface area (Å²) in [6.07, 6.45) is 2.16. The second-order valence-corrected chi connectivity index (χ2v) is 7.64. The van der Waals surface area contributed by atoms with Gasteiger partial charge in [-0.1, -0.05) is 30.3 Å². The summed E-state index contributed by atoms with van der Waals surface area (Å²) in [5.74, 6) is 0. The SMILES string of the molecule is c1ccc(CO[C@H]2[C@H]3O[C@@H]4O[C@@H]([C@@]5(CCO5)[C@H]2O4)[C@]32CCCO2)cc1. The topological polar surface area (TPSA) is 55.4 Å². The first-order chi connectivity index (χ1) is 12.3. The van der Waals surface area contributed by atoms with E-state index in [4.69, 9.17) is 28.4 Å². The van der Waals surface area contributed by atoms with Crippen molar-refractivity contribution in [3.63, 3.8) is 0 Å². The molecule has 4 bridgehead atoms. The van der Waals surface area contributed by atoms with Crippen LogP contribution in [0.2, 0.25) is 0 Å². The van der Waals surface area contributed by atoms with Crippen LogP contribution < -0.4 is 0 Å². The van der Waals surface area contributed by atoms with Crippen LogP contribution in [0.15, 0.2) is 30.3 Å². The number of hydrogen-bond acceptors (Lipinski definition) is 6. The van der Waals surface area contributed by atoms with E-state index >= 15 is 0 Å². The lowest BCUT2D eigenvalue weighted by molar-refractivity contribution is -0.535. The van der Waals surface area contributed by atoms with Crippen molar-refractivity contribution in [2.45, 2.75) is 68.0 Å². The minimum atomic E-state index is -0.624. The first-order valence-corrected chi connectivity index (χ1v) is 9.22. The third kappa shape index (κ3) is 1.90. The summed E-state index contributed by atoms with van der Waals surface area (Å²) < 4.78 is 36.9. The maximum atomic E-state index is 6.36. The normalized spacial score (nSPS) is 49.8. The van der Waals surface area contributed by atoms with Crippen LogP contribution in [0.25, 0.3) is 0 Å². The highest BCUT2D eigenvalue weighted by Gasteiger charge is 2.78. The Balaban J connectivity index is 1.35. The maximum absolute atomic E-state index is 6.36. The minimum absolute atomic E-state index is 0.129. The molecule has 5 saturated heterocycles. The van der Waals surface area contributed by atoms with E-state index in [2.05, 4.69) is 12.1 Å². The molecule has 0 radical (unpaired) electrons. The second kappa shape index (κ2) is 5.25. The first kappa shape index (κ1) is 15.1. The Kier molecular flexibility index (Phi) is 3.17. The van der Waals surface area contributed by atoms with Crippen LogP contribution in [0.4, 0.5) is 0 Å². The molecule has 6 heteroatoms. The van der Waals surface area contributed by atoms with E-state index in [0.29, 0.717) is 6.61 Å². The van der Waals surface area contributed by atoms with Crippen molar-refractivity contribution in [3.8, 4) is 0 Å². The zero-order valence-electron chi connectivity index (χ0n) is 14.0. The van der Waals surface area contributed by atoms with Gasteiger partial charge in [0.05, 0.1) is 13.2 Å². The molecule has 0 aromatic heterocycles. The summed E-state index contributed by atoms with van der Waals surface area (Å²) in [7, 11) is 0. The molecule has 1 saturated carbocycles. The Morgan fingerprint density at radius 3 is 2.28 bits per heavy atom. The van der Waals surface area contributed by atoms with Gasteiger partial charge in [0.15, 0.2) is 0 Å². The molecule has 0 amide bonds. The lowest BCUT2D eigenvalue weighted by Crippen LogP contribution is -2.87. The summed E-state index contributed by atoms with van der Waals surface area (Å²) in [5, 5.41) is 0. The molecule has 5 aliphatic heterocycles. The standard InChI is InChI=1S/C19H22O6/c1-2-5-12(6-3-1)11-20-13-14-18(7-4-9-21-18)16-19(8-10-22-19)15(13)24-17(23-14)25-16/h1-3,5-6,13-17H,4,7-11H2/t13-,14+,15-,16+,17-,18-,19+/m0/s1. The molecule has 1 aromatic rings. The molecular formula is C19H22O6. The quantitative estimate of drug-likeness (QED) is 0.831. The fourth-order valence-electron chi connectivity index (χ4n) is 5.31. The Bertz CT molecular complexity index is 653.